The average molecular weight is 277 g/mol. The van der Waals surface area contributed by atoms with Gasteiger partial charge >= 0.3 is 0 Å². The van der Waals surface area contributed by atoms with Crippen LogP contribution in [0.5, 0.6) is 0 Å². The van der Waals surface area contributed by atoms with E-state index in [0.717, 1.165) is 0 Å². The summed E-state index contributed by atoms with van der Waals surface area (Å²) < 4.78 is 11.6. The molecule has 1 unspecified atom stereocenters. The van der Waals surface area contributed by atoms with Crippen LogP contribution < -0.4 is 5.73 Å². The van der Waals surface area contributed by atoms with E-state index in [1.807, 2.05) is 0 Å². The van der Waals surface area contributed by atoms with Gasteiger partial charge in [0.1, 0.15) is 0 Å². The topological polar surface area (TPSA) is 86.2 Å². The smallest absolute Gasteiger partial charge is 0.273 e. The van der Waals surface area contributed by atoms with E-state index < -0.39 is 15.7 Å². The fraction of sp³-hybridized carbons (Fsp3) is 0.400. The maximum atomic E-state index is 11.6. The third-order valence-electron chi connectivity index (χ3n) is 2.13. The second-order valence-corrected chi connectivity index (χ2v) is 5.47. The molecule has 0 radical (unpaired) electrons. The van der Waals surface area contributed by atoms with Crippen molar-refractivity contribution >= 4 is 28.1 Å². The Labute approximate surface area is 107 Å². The van der Waals surface area contributed by atoms with Crippen LogP contribution in [0.1, 0.15) is 12.0 Å². The molecule has 0 fully saturated rings. The molecule has 0 aliphatic rings. The zero-order valence-electron chi connectivity index (χ0n) is 9.10. The molecule has 0 saturated carbocycles. The van der Waals surface area contributed by atoms with Crippen LogP contribution in [0.2, 0.25) is 5.02 Å². The van der Waals surface area contributed by atoms with Crippen LogP contribution >= 0.6 is 11.6 Å². The average Bonchev–Trinajstić information content (AvgIpc) is 2.26. The lowest BCUT2D eigenvalue weighted by Gasteiger charge is -2.03. The second kappa shape index (κ2) is 6.68. The van der Waals surface area contributed by atoms with Crippen LogP contribution in [0.4, 0.5) is 5.69 Å². The molecule has 0 saturated heterocycles. The lowest BCUT2D eigenvalue weighted by Crippen LogP contribution is -2.08. The van der Waals surface area contributed by atoms with Crippen LogP contribution in [-0.2, 0) is 16.6 Å². The minimum absolute atomic E-state index is 0.0458. The first-order chi connectivity index (χ1) is 8.04. The van der Waals surface area contributed by atoms with E-state index in [1.54, 1.807) is 0 Å². The van der Waals surface area contributed by atoms with Gasteiger partial charge in [0.25, 0.3) is 5.69 Å². The van der Waals surface area contributed by atoms with Gasteiger partial charge in [-0.3, -0.25) is 14.3 Å². The molecule has 2 N–H and O–H groups in total. The highest BCUT2D eigenvalue weighted by atomic mass is 35.5. The van der Waals surface area contributed by atoms with E-state index in [9.17, 15) is 14.3 Å². The molecular weight excluding hydrogens is 264 g/mol. The zero-order chi connectivity index (χ0) is 12.8. The number of nitrogens with two attached hydrogens (primary N) is 1. The van der Waals surface area contributed by atoms with Gasteiger partial charge < -0.3 is 5.73 Å². The predicted molar refractivity (Wildman–Crippen MR) is 68.5 cm³/mol. The fourth-order valence-corrected chi connectivity index (χ4v) is 2.74. The lowest BCUT2D eigenvalue weighted by molar-refractivity contribution is -0.385. The van der Waals surface area contributed by atoms with Crippen molar-refractivity contribution in [2.24, 2.45) is 5.73 Å². The van der Waals surface area contributed by atoms with E-state index in [2.05, 4.69) is 0 Å². The second-order valence-electron chi connectivity index (χ2n) is 3.46. The number of rotatable bonds is 6. The standard InChI is InChI=1S/C10H13ClN2O3S/c11-9-2-3-10(13(14)15)8(6-9)7-17(16)5-1-4-12/h2-3,6H,1,4-5,7,12H2. The van der Waals surface area contributed by atoms with Crippen molar-refractivity contribution in [2.45, 2.75) is 12.2 Å². The Balaban J connectivity index is 2.85. The molecule has 0 spiro atoms. The molecule has 0 bridgehead atoms. The number of benzene rings is 1. The summed E-state index contributed by atoms with van der Waals surface area (Å²) in [7, 11) is -1.15. The van der Waals surface area contributed by atoms with Crippen LogP contribution in [-0.4, -0.2) is 21.4 Å². The van der Waals surface area contributed by atoms with Gasteiger partial charge in [0.05, 0.1) is 10.7 Å². The molecule has 5 nitrogen and oxygen atoms in total. The van der Waals surface area contributed by atoms with Gasteiger partial charge in [-0.05, 0) is 25.1 Å². The summed E-state index contributed by atoms with van der Waals surface area (Å²) in [5, 5.41) is 11.2. The van der Waals surface area contributed by atoms with Crippen LogP contribution in [0.15, 0.2) is 18.2 Å². The van der Waals surface area contributed by atoms with E-state index in [4.69, 9.17) is 17.3 Å². The van der Waals surface area contributed by atoms with Crippen molar-refractivity contribution in [2.75, 3.05) is 12.3 Å². The molecule has 7 heteroatoms. The van der Waals surface area contributed by atoms with E-state index in [0.29, 0.717) is 29.3 Å². The Morgan fingerprint density at radius 3 is 2.76 bits per heavy atom. The number of hydrogen-bond acceptors (Lipinski definition) is 4. The molecule has 1 rings (SSSR count). The molecule has 1 aromatic rings. The first-order valence-corrected chi connectivity index (χ1v) is 6.89. The Morgan fingerprint density at radius 1 is 1.47 bits per heavy atom. The summed E-state index contributed by atoms with van der Waals surface area (Å²) in [5.74, 6) is 0.580. The van der Waals surface area contributed by atoms with Crippen molar-refractivity contribution in [3.8, 4) is 0 Å². The SMILES string of the molecule is NCCCS(=O)Cc1cc(Cl)ccc1[N+](=O)[O-]. The van der Waals surface area contributed by atoms with Crippen molar-refractivity contribution in [1.29, 1.82) is 0 Å². The monoisotopic (exact) mass is 276 g/mol. The third kappa shape index (κ3) is 4.41. The molecule has 94 valence electrons. The molecule has 0 heterocycles. The maximum absolute atomic E-state index is 11.6. The number of nitro benzene ring substituents is 1. The molecule has 0 aliphatic carbocycles. The van der Waals surface area contributed by atoms with E-state index in [1.165, 1.54) is 18.2 Å². The van der Waals surface area contributed by atoms with Crippen molar-refractivity contribution in [1.82, 2.24) is 0 Å². The van der Waals surface area contributed by atoms with Gasteiger partial charge in [0, 0.05) is 33.2 Å². The number of nitrogens with zero attached hydrogens (tertiary/aromatic N) is 1. The van der Waals surface area contributed by atoms with Gasteiger partial charge in [-0.15, -0.1) is 0 Å². The predicted octanol–water partition coefficient (Wildman–Crippen LogP) is 1.85. The Hall–Kier alpha value is -0.980. The summed E-state index contributed by atoms with van der Waals surface area (Å²) in [4.78, 5) is 10.3. The fourth-order valence-electron chi connectivity index (χ4n) is 1.34. The first-order valence-electron chi connectivity index (χ1n) is 5.02. The van der Waals surface area contributed by atoms with Crippen LogP contribution in [0, 0.1) is 10.1 Å². The molecular formula is C10H13ClN2O3S. The maximum Gasteiger partial charge on any atom is 0.273 e. The van der Waals surface area contributed by atoms with E-state index >= 15 is 0 Å². The third-order valence-corrected chi connectivity index (χ3v) is 3.74. The van der Waals surface area contributed by atoms with Crippen molar-refractivity contribution < 1.29 is 9.13 Å². The first kappa shape index (κ1) is 14.1. The van der Waals surface area contributed by atoms with Crippen LogP contribution in [0.3, 0.4) is 0 Å². The number of halogens is 1. The molecule has 0 aliphatic heterocycles. The summed E-state index contributed by atoms with van der Waals surface area (Å²) in [5.41, 5.74) is 5.66. The molecule has 1 aromatic carbocycles. The summed E-state index contributed by atoms with van der Waals surface area (Å²) in [6.07, 6.45) is 0.640. The summed E-state index contributed by atoms with van der Waals surface area (Å²) in [6.45, 7) is 0.462. The minimum atomic E-state index is -1.15. The van der Waals surface area contributed by atoms with Gasteiger partial charge in [0.15, 0.2) is 0 Å². The quantitative estimate of drug-likeness (QED) is 0.634. The van der Waals surface area contributed by atoms with Gasteiger partial charge in [-0.2, -0.15) is 0 Å². The highest BCUT2D eigenvalue weighted by Crippen LogP contribution is 2.24. The van der Waals surface area contributed by atoms with Gasteiger partial charge in [-0.1, -0.05) is 11.6 Å². The van der Waals surface area contributed by atoms with E-state index in [-0.39, 0.29) is 11.4 Å². The lowest BCUT2D eigenvalue weighted by atomic mass is 10.2. The molecule has 0 amide bonds. The Kier molecular flexibility index (Phi) is 5.54. The van der Waals surface area contributed by atoms with Crippen molar-refractivity contribution in [3.05, 3.63) is 38.9 Å². The highest BCUT2D eigenvalue weighted by molar-refractivity contribution is 7.84. The summed E-state index contributed by atoms with van der Waals surface area (Å²) >= 11 is 5.77. The largest absolute Gasteiger partial charge is 0.330 e. The normalized spacial score (nSPS) is 12.4. The number of hydrogen-bond donors (Lipinski definition) is 1. The minimum Gasteiger partial charge on any atom is -0.330 e. The van der Waals surface area contributed by atoms with Crippen LogP contribution in [0.25, 0.3) is 0 Å². The van der Waals surface area contributed by atoms with Gasteiger partial charge in [0.2, 0.25) is 0 Å². The number of nitro groups is 1. The molecule has 17 heavy (non-hydrogen) atoms. The zero-order valence-corrected chi connectivity index (χ0v) is 10.7. The van der Waals surface area contributed by atoms with Gasteiger partial charge in [-0.25, -0.2) is 0 Å². The molecule has 1 atom stereocenters. The molecule has 0 aromatic heterocycles. The highest BCUT2D eigenvalue weighted by Gasteiger charge is 2.15. The Morgan fingerprint density at radius 2 is 2.18 bits per heavy atom. The summed E-state index contributed by atoms with van der Waals surface area (Å²) in [6, 6.07) is 4.27. The van der Waals surface area contributed by atoms with Crippen molar-refractivity contribution in [3.63, 3.8) is 0 Å². The Bertz CT molecular complexity index is 440.